The van der Waals surface area contributed by atoms with Gasteiger partial charge in [-0.1, -0.05) is 12.2 Å². The van der Waals surface area contributed by atoms with Crippen LogP contribution in [0, 0.1) is 5.92 Å². The summed E-state index contributed by atoms with van der Waals surface area (Å²) in [5.41, 5.74) is 2.04. The molecule has 0 aliphatic carbocycles. The smallest absolute Gasteiger partial charge is 0.198 e. The summed E-state index contributed by atoms with van der Waals surface area (Å²) in [6.45, 7) is 8.04. The minimum absolute atomic E-state index is 0.0814. The van der Waals surface area contributed by atoms with Crippen LogP contribution in [0.1, 0.15) is 13.8 Å². The molecule has 0 bridgehead atoms. The molecule has 25 heavy (non-hydrogen) atoms. The minimum Gasteiger partial charge on any atom is -0.508 e. The van der Waals surface area contributed by atoms with E-state index in [0.29, 0.717) is 11.5 Å². The number of rotatable bonds is 5. The van der Waals surface area contributed by atoms with Gasteiger partial charge in [0.15, 0.2) is 6.23 Å². The lowest BCUT2D eigenvalue weighted by atomic mass is 9.96. The van der Waals surface area contributed by atoms with E-state index in [2.05, 4.69) is 11.7 Å². The third kappa shape index (κ3) is 3.76. The highest BCUT2D eigenvalue weighted by Gasteiger charge is 2.35. The molecule has 2 aromatic rings. The Morgan fingerprint density at radius 1 is 1.04 bits per heavy atom. The summed E-state index contributed by atoms with van der Waals surface area (Å²) < 4.78 is 11.9. The van der Waals surface area contributed by atoms with Crippen molar-refractivity contribution in [2.45, 2.75) is 20.1 Å². The van der Waals surface area contributed by atoms with Crippen molar-refractivity contribution in [3.8, 4) is 23.0 Å². The van der Waals surface area contributed by atoms with Crippen molar-refractivity contribution in [2.75, 3.05) is 7.05 Å². The van der Waals surface area contributed by atoms with E-state index in [1.54, 1.807) is 24.3 Å². The quantitative estimate of drug-likeness (QED) is 0.821. The predicted molar refractivity (Wildman–Crippen MR) is 98.2 cm³/mol. The summed E-state index contributed by atoms with van der Waals surface area (Å²) in [4.78, 5) is 0. The number of ether oxygens (including phenoxy) is 2. The number of hydrazone groups is 1. The van der Waals surface area contributed by atoms with Crippen molar-refractivity contribution in [1.82, 2.24) is 5.01 Å². The van der Waals surface area contributed by atoms with E-state index in [9.17, 15) is 5.11 Å². The van der Waals surface area contributed by atoms with Crippen LogP contribution in [0.5, 0.6) is 23.0 Å². The fourth-order valence-corrected chi connectivity index (χ4v) is 2.91. The molecule has 1 heterocycles. The largest absolute Gasteiger partial charge is 0.508 e. The standard InChI is InChI=1S/C20H22N2O3/c1-13(2)19-14(3)21-22(4)20(19)25-18-11-9-17(10-12-18)24-16-7-5-15(23)6-8-16/h5-12,19-20,23H,1H2,2-4H3. The van der Waals surface area contributed by atoms with Crippen LogP contribution in [0.25, 0.3) is 0 Å². The minimum atomic E-state index is -0.193. The van der Waals surface area contributed by atoms with Gasteiger partial charge in [-0.25, -0.2) is 0 Å². The molecule has 0 fully saturated rings. The van der Waals surface area contributed by atoms with Crippen LogP contribution in [0.15, 0.2) is 65.8 Å². The van der Waals surface area contributed by atoms with E-state index in [1.807, 2.05) is 50.2 Å². The summed E-state index contributed by atoms with van der Waals surface area (Å²) in [6, 6.07) is 14.0. The number of nitrogens with zero attached hydrogens (tertiary/aromatic N) is 2. The summed E-state index contributed by atoms with van der Waals surface area (Å²) >= 11 is 0. The van der Waals surface area contributed by atoms with E-state index >= 15 is 0 Å². The van der Waals surface area contributed by atoms with Gasteiger partial charge in [-0.2, -0.15) is 5.10 Å². The molecule has 3 rings (SSSR count). The molecule has 1 aliphatic heterocycles. The number of phenols is 1. The predicted octanol–water partition coefficient (Wildman–Crippen LogP) is 4.40. The monoisotopic (exact) mass is 338 g/mol. The Labute approximate surface area is 147 Å². The van der Waals surface area contributed by atoms with E-state index < -0.39 is 0 Å². The highest BCUT2D eigenvalue weighted by molar-refractivity contribution is 5.88. The molecule has 5 heteroatoms. The van der Waals surface area contributed by atoms with Crippen molar-refractivity contribution in [3.05, 3.63) is 60.7 Å². The third-order valence-electron chi connectivity index (χ3n) is 4.10. The van der Waals surface area contributed by atoms with E-state index in [1.165, 1.54) is 0 Å². The first kappa shape index (κ1) is 16.9. The van der Waals surface area contributed by atoms with E-state index in [0.717, 1.165) is 17.0 Å². The lowest BCUT2D eigenvalue weighted by Crippen LogP contribution is -2.36. The summed E-state index contributed by atoms with van der Waals surface area (Å²) in [5, 5.41) is 15.6. The van der Waals surface area contributed by atoms with Crippen LogP contribution in [0.3, 0.4) is 0 Å². The van der Waals surface area contributed by atoms with Gasteiger partial charge in [0.1, 0.15) is 23.0 Å². The highest BCUT2D eigenvalue weighted by Crippen LogP contribution is 2.30. The van der Waals surface area contributed by atoms with Crippen molar-refractivity contribution in [2.24, 2.45) is 11.0 Å². The van der Waals surface area contributed by atoms with Crippen LogP contribution in [0.2, 0.25) is 0 Å². The van der Waals surface area contributed by atoms with Gasteiger partial charge in [-0.05, 0) is 62.4 Å². The molecule has 2 atom stereocenters. The Balaban J connectivity index is 1.68. The molecule has 1 N–H and O–H groups in total. The van der Waals surface area contributed by atoms with Crippen LogP contribution in [0.4, 0.5) is 0 Å². The normalized spacial score (nSPS) is 19.5. The van der Waals surface area contributed by atoms with Gasteiger partial charge >= 0.3 is 0 Å². The van der Waals surface area contributed by atoms with Crippen LogP contribution in [-0.4, -0.2) is 29.1 Å². The van der Waals surface area contributed by atoms with Crippen molar-refractivity contribution < 1.29 is 14.6 Å². The number of aromatic hydroxyl groups is 1. The summed E-state index contributed by atoms with van der Waals surface area (Å²) in [6.07, 6.45) is -0.193. The molecule has 2 aromatic carbocycles. The van der Waals surface area contributed by atoms with Gasteiger partial charge in [0.25, 0.3) is 0 Å². The van der Waals surface area contributed by atoms with Crippen LogP contribution >= 0.6 is 0 Å². The number of phenolic OH excluding ortho intramolecular Hbond substituents is 1. The number of hydrogen-bond donors (Lipinski definition) is 1. The Hall–Kier alpha value is -2.95. The SMILES string of the molecule is C=C(C)C1C(C)=NN(C)C1Oc1ccc(Oc2ccc(O)cc2)cc1. The lowest BCUT2D eigenvalue weighted by molar-refractivity contribution is 0.0466. The molecule has 0 saturated carbocycles. The lowest BCUT2D eigenvalue weighted by Gasteiger charge is -2.26. The molecule has 2 unspecified atom stereocenters. The molecular formula is C20H22N2O3. The average molecular weight is 338 g/mol. The second-order valence-corrected chi connectivity index (χ2v) is 6.21. The molecule has 0 amide bonds. The van der Waals surface area contributed by atoms with Crippen molar-refractivity contribution in [3.63, 3.8) is 0 Å². The van der Waals surface area contributed by atoms with Gasteiger partial charge in [0.05, 0.1) is 5.92 Å². The third-order valence-corrected chi connectivity index (χ3v) is 4.10. The zero-order valence-electron chi connectivity index (χ0n) is 14.6. The number of benzene rings is 2. The zero-order valence-corrected chi connectivity index (χ0v) is 14.6. The Morgan fingerprint density at radius 2 is 1.56 bits per heavy atom. The second-order valence-electron chi connectivity index (χ2n) is 6.21. The van der Waals surface area contributed by atoms with Crippen LogP contribution in [-0.2, 0) is 0 Å². The second kappa shape index (κ2) is 6.89. The molecule has 0 spiro atoms. The van der Waals surface area contributed by atoms with E-state index in [4.69, 9.17) is 9.47 Å². The molecular weight excluding hydrogens is 316 g/mol. The maximum Gasteiger partial charge on any atom is 0.198 e. The maximum atomic E-state index is 9.30. The van der Waals surface area contributed by atoms with Crippen molar-refractivity contribution >= 4 is 5.71 Å². The Kier molecular flexibility index (Phi) is 4.65. The van der Waals surface area contributed by atoms with Gasteiger partial charge in [0.2, 0.25) is 0 Å². The average Bonchev–Trinajstić information content (AvgIpc) is 2.85. The summed E-state index contributed by atoms with van der Waals surface area (Å²) in [5.74, 6) is 2.39. The fraction of sp³-hybridized carbons (Fsp3) is 0.250. The fourth-order valence-electron chi connectivity index (χ4n) is 2.91. The first-order valence-corrected chi connectivity index (χ1v) is 8.11. The van der Waals surface area contributed by atoms with Gasteiger partial charge < -0.3 is 14.6 Å². The van der Waals surface area contributed by atoms with Gasteiger partial charge in [-0.3, -0.25) is 5.01 Å². The molecule has 5 nitrogen and oxygen atoms in total. The first-order valence-electron chi connectivity index (χ1n) is 8.11. The zero-order chi connectivity index (χ0) is 18.0. The van der Waals surface area contributed by atoms with Crippen molar-refractivity contribution in [1.29, 1.82) is 0 Å². The Morgan fingerprint density at radius 3 is 2.12 bits per heavy atom. The summed E-state index contributed by atoms with van der Waals surface area (Å²) in [7, 11) is 1.90. The molecule has 0 saturated heterocycles. The molecule has 0 aromatic heterocycles. The molecule has 0 radical (unpaired) electrons. The molecule has 130 valence electrons. The Bertz CT molecular complexity index is 782. The van der Waals surface area contributed by atoms with Gasteiger partial charge in [0, 0.05) is 12.8 Å². The van der Waals surface area contributed by atoms with Crippen LogP contribution < -0.4 is 9.47 Å². The highest BCUT2D eigenvalue weighted by atomic mass is 16.5. The van der Waals surface area contributed by atoms with Gasteiger partial charge in [-0.15, -0.1) is 0 Å². The number of hydrogen-bond acceptors (Lipinski definition) is 5. The first-order chi connectivity index (χ1) is 11.9. The maximum absolute atomic E-state index is 9.30. The topological polar surface area (TPSA) is 54.3 Å². The molecule has 1 aliphatic rings. The van der Waals surface area contributed by atoms with E-state index in [-0.39, 0.29) is 17.9 Å².